The van der Waals surface area contributed by atoms with Gasteiger partial charge in [0.05, 0.1) is 12.7 Å². The quantitative estimate of drug-likeness (QED) is 0.564. The number of epoxide rings is 1. The van der Waals surface area contributed by atoms with E-state index in [1.54, 1.807) is 0 Å². The molecule has 120 valence electrons. The number of rotatable bonds is 4. The topological polar surface area (TPSA) is 12.5 Å². The normalized spacial score (nSPS) is 24.4. The third-order valence-corrected chi connectivity index (χ3v) is 2.57. The van der Waals surface area contributed by atoms with Crippen LogP contribution in [0.3, 0.4) is 0 Å². The first kappa shape index (κ1) is 17.2. The summed E-state index contributed by atoms with van der Waals surface area (Å²) < 4.78 is 141. The van der Waals surface area contributed by atoms with Gasteiger partial charge >= 0.3 is 23.9 Å². The molecule has 1 saturated heterocycles. The van der Waals surface area contributed by atoms with Crippen molar-refractivity contribution in [3.63, 3.8) is 0 Å². The zero-order valence-electron chi connectivity index (χ0n) is 9.06. The van der Waals surface area contributed by atoms with Crippen molar-refractivity contribution in [1.29, 1.82) is 0 Å². The van der Waals surface area contributed by atoms with Gasteiger partial charge in [-0.1, -0.05) is 0 Å². The lowest BCUT2D eigenvalue weighted by atomic mass is 9.86. The maximum absolute atomic E-state index is 13.3. The van der Waals surface area contributed by atoms with Gasteiger partial charge in [0.15, 0.2) is 0 Å². The number of hydrogen-bond acceptors (Lipinski definition) is 1. The Hall–Kier alpha value is -0.810. The predicted molar refractivity (Wildman–Crippen MR) is 40.2 cm³/mol. The smallest absolute Gasteiger partial charge is 0.373 e. The zero-order valence-corrected chi connectivity index (χ0v) is 9.06. The van der Waals surface area contributed by atoms with Gasteiger partial charge in [0.1, 0.15) is 0 Å². The fourth-order valence-electron chi connectivity index (χ4n) is 1.42. The van der Waals surface area contributed by atoms with Gasteiger partial charge in [0, 0.05) is 6.42 Å². The van der Waals surface area contributed by atoms with E-state index >= 15 is 0 Å². The molecule has 0 bridgehead atoms. The Labute approximate surface area is 103 Å². The molecule has 1 fully saturated rings. The summed E-state index contributed by atoms with van der Waals surface area (Å²) in [5.74, 6) is -13.3. The standard InChI is InChI=1S/C8H5F11O/c9-4(10,1-3-2-20-3)5(11,7(14,15)16)6(12,13)8(17,18)19/h3H,1-2H2. The minimum atomic E-state index is -7.32. The molecule has 1 aliphatic rings. The van der Waals surface area contributed by atoms with Gasteiger partial charge in [-0.25, -0.2) is 13.2 Å². The van der Waals surface area contributed by atoms with E-state index in [0.29, 0.717) is 0 Å². The summed E-state index contributed by atoms with van der Waals surface area (Å²) in [4.78, 5) is 0. The van der Waals surface area contributed by atoms with Crippen LogP contribution in [0.4, 0.5) is 48.3 Å². The molecule has 1 aliphatic heterocycles. The van der Waals surface area contributed by atoms with Crippen LogP contribution in [0.5, 0.6) is 0 Å². The largest absolute Gasteiger partial charge is 0.457 e. The first-order chi connectivity index (χ1) is 8.58. The van der Waals surface area contributed by atoms with Gasteiger partial charge in [-0.2, -0.15) is 35.1 Å². The minimum absolute atomic E-state index is 0.582. The minimum Gasteiger partial charge on any atom is -0.373 e. The highest BCUT2D eigenvalue weighted by Gasteiger charge is 2.89. The summed E-state index contributed by atoms with van der Waals surface area (Å²) in [6, 6.07) is 0. The summed E-state index contributed by atoms with van der Waals surface area (Å²) in [5.41, 5.74) is -7.09. The van der Waals surface area contributed by atoms with Crippen molar-refractivity contribution in [2.75, 3.05) is 6.61 Å². The van der Waals surface area contributed by atoms with Crippen molar-refractivity contribution < 1.29 is 53.0 Å². The molecular formula is C8H5F11O. The molecule has 0 aromatic rings. The van der Waals surface area contributed by atoms with Crippen LogP contribution in [-0.2, 0) is 4.74 Å². The monoisotopic (exact) mass is 326 g/mol. The Morgan fingerprint density at radius 3 is 1.40 bits per heavy atom. The van der Waals surface area contributed by atoms with Gasteiger partial charge in [-0.15, -0.1) is 0 Å². The Bertz CT molecular complexity index is 366. The molecule has 0 aromatic heterocycles. The molecule has 0 radical (unpaired) electrons. The number of hydrogen-bond donors (Lipinski definition) is 0. The van der Waals surface area contributed by atoms with Crippen molar-refractivity contribution in [2.45, 2.75) is 42.4 Å². The molecule has 0 amide bonds. The molecule has 1 heterocycles. The second kappa shape index (κ2) is 4.34. The summed E-state index contributed by atoms with van der Waals surface area (Å²) in [5, 5.41) is 0. The number of halogens is 11. The molecule has 0 aliphatic carbocycles. The molecule has 20 heavy (non-hydrogen) atoms. The molecule has 2 unspecified atom stereocenters. The molecule has 2 atom stereocenters. The van der Waals surface area contributed by atoms with Gasteiger partial charge in [0.25, 0.3) is 5.92 Å². The predicted octanol–water partition coefficient (Wildman–Crippen LogP) is 3.88. The van der Waals surface area contributed by atoms with Gasteiger partial charge in [0.2, 0.25) is 0 Å². The lowest BCUT2D eigenvalue weighted by molar-refractivity contribution is -0.424. The van der Waals surface area contributed by atoms with Crippen LogP contribution in [0.2, 0.25) is 0 Å². The third-order valence-electron chi connectivity index (χ3n) is 2.57. The van der Waals surface area contributed by atoms with E-state index in [9.17, 15) is 48.3 Å². The fourth-order valence-corrected chi connectivity index (χ4v) is 1.42. The highest BCUT2D eigenvalue weighted by atomic mass is 19.4. The Balaban J connectivity index is 3.36. The van der Waals surface area contributed by atoms with Crippen LogP contribution in [-0.4, -0.2) is 42.6 Å². The second-order valence-electron chi connectivity index (χ2n) is 4.09. The lowest BCUT2D eigenvalue weighted by Crippen LogP contribution is -2.70. The summed E-state index contributed by atoms with van der Waals surface area (Å²) in [6.07, 6.45) is -18.2. The number of alkyl halides is 11. The second-order valence-corrected chi connectivity index (χ2v) is 4.09. The van der Waals surface area contributed by atoms with E-state index in [1.165, 1.54) is 0 Å². The van der Waals surface area contributed by atoms with Crippen molar-refractivity contribution in [3.05, 3.63) is 0 Å². The molecule has 12 heteroatoms. The summed E-state index contributed by atoms with van der Waals surface area (Å²) in [7, 11) is 0. The van der Waals surface area contributed by atoms with E-state index < -0.39 is 49.0 Å². The molecule has 0 N–H and O–H groups in total. The van der Waals surface area contributed by atoms with Crippen molar-refractivity contribution in [1.82, 2.24) is 0 Å². The van der Waals surface area contributed by atoms with E-state index in [0.717, 1.165) is 0 Å². The van der Waals surface area contributed by atoms with Gasteiger partial charge < -0.3 is 4.74 Å². The average molecular weight is 326 g/mol. The van der Waals surface area contributed by atoms with Gasteiger partial charge in [-0.05, 0) is 0 Å². The third kappa shape index (κ3) is 2.42. The average Bonchev–Trinajstić information content (AvgIpc) is 2.95. The highest BCUT2D eigenvalue weighted by Crippen LogP contribution is 2.60. The molecule has 0 saturated carbocycles. The van der Waals surface area contributed by atoms with Crippen LogP contribution in [0.15, 0.2) is 0 Å². The lowest BCUT2D eigenvalue weighted by Gasteiger charge is -2.40. The van der Waals surface area contributed by atoms with E-state index in [2.05, 4.69) is 4.74 Å². The van der Waals surface area contributed by atoms with Crippen LogP contribution in [0.1, 0.15) is 6.42 Å². The van der Waals surface area contributed by atoms with Crippen molar-refractivity contribution >= 4 is 0 Å². The molecule has 1 rings (SSSR count). The first-order valence-corrected chi connectivity index (χ1v) is 4.77. The van der Waals surface area contributed by atoms with Crippen LogP contribution >= 0.6 is 0 Å². The van der Waals surface area contributed by atoms with Crippen molar-refractivity contribution in [3.8, 4) is 0 Å². The van der Waals surface area contributed by atoms with Gasteiger partial charge in [-0.3, -0.25) is 0 Å². The molecular weight excluding hydrogens is 321 g/mol. The Kier molecular flexibility index (Phi) is 3.74. The molecule has 1 nitrogen and oxygen atoms in total. The first-order valence-electron chi connectivity index (χ1n) is 4.77. The Morgan fingerprint density at radius 2 is 1.15 bits per heavy atom. The highest BCUT2D eigenvalue weighted by molar-refractivity contribution is 5.12. The molecule has 0 aromatic carbocycles. The summed E-state index contributed by atoms with van der Waals surface area (Å²) in [6.45, 7) is -0.582. The fraction of sp³-hybridized carbons (Fsp3) is 1.00. The Morgan fingerprint density at radius 1 is 0.750 bits per heavy atom. The number of ether oxygens (including phenoxy) is 1. The zero-order chi connectivity index (χ0) is 16.2. The summed E-state index contributed by atoms with van der Waals surface area (Å²) >= 11 is 0. The van der Waals surface area contributed by atoms with Crippen LogP contribution < -0.4 is 0 Å². The van der Waals surface area contributed by atoms with Crippen LogP contribution in [0.25, 0.3) is 0 Å². The van der Waals surface area contributed by atoms with E-state index in [-0.39, 0.29) is 0 Å². The molecule has 0 spiro atoms. The van der Waals surface area contributed by atoms with E-state index in [4.69, 9.17) is 0 Å². The van der Waals surface area contributed by atoms with Crippen molar-refractivity contribution in [2.24, 2.45) is 0 Å². The maximum atomic E-state index is 13.3. The van der Waals surface area contributed by atoms with E-state index in [1.807, 2.05) is 0 Å². The maximum Gasteiger partial charge on any atom is 0.457 e. The van der Waals surface area contributed by atoms with Crippen LogP contribution in [0, 0.1) is 0 Å². The SMILES string of the molecule is FC(F)(F)C(F)(F)C(F)(C(F)(F)F)C(F)(F)CC1CO1.